The zero-order chi connectivity index (χ0) is 17.2. The van der Waals surface area contributed by atoms with Crippen LogP contribution in [0.2, 0.25) is 0 Å². The third kappa shape index (κ3) is 6.16. The average Bonchev–Trinajstić information content (AvgIpc) is 2.56. The fraction of sp³-hybridized carbons (Fsp3) is 0.316. The fourth-order valence-electron chi connectivity index (χ4n) is 2.14. The highest BCUT2D eigenvalue weighted by atomic mass is 32.2. The first kappa shape index (κ1) is 18.2. The minimum Gasteiger partial charge on any atom is -0.490 e. The number of ether oxygens (including phenoxy) is 2. The molecule has 128 valence electrons. The molecule has 0 bridgehead atoms. The van der Waals surface area contributed by atoms with Crippen LogP contribution in [-0.2, 0) is 4.79 Å². The molecule has 0 saturated carbocycles. The lowest BCUT2D eigenvalue weighted by atomic mass is 10.2. The maximum Gasteiger partial charge on any atom is 0.234 e. The number of hydrogen-bond donors (Lipinski definition) is 1. The second-order valence-electron chi connectivity index (χ2n) is 5.20. The van der Waals surface area contributed by atoms with E-state index in [-0.39, 0.29) is 5.91 Å². The van der Waals surface area contributed by atoms with Gasteiger partial charge in [-0.1, -0.05) is 24.3 Å². The Balaban J connectivity index is 1.67. The topological polar surface area (TPSA) is 47.6 Å². The molecule has 0 aliphatic rings. The van der Waals surface area contributed by atoms with Gasteiger partial charge in [0, 0.05) is 11.4 Å². The molecule has 0 unspecified atom stereocenters. The van der Waals surface area contributed by atoms with Gasteiger partial charge in [-0.25, -0.2) is 0 Å². The first-order chi connectivity index (χ1) is 11.7. The summed E-state index contributed by atoms with van der Waals surface area (Å²) in [4.78, 5) is 11.9. The molecule has 0 spiro atoms. The van der Waals surface area contributed by atoms with Gasteiger partial charge in [0.05, 0.1) is 19.0 Å². The molecule has 0 saturated heterocycles. The van der Waals surface area contributed by atoms with E-state index < -0.39 is 0 Å². The van der Waals surface area contributed by atoms with Crippen molar-refractivity contribution in [2.45, 2.75) is 13.8 Å². The van der Waals surface area contributed by atoms with Crippen molar-refractivity contribution in [2.75, 3.05) is 30.0 Å². The molecule has 0 atom stereocenters. The number of anilines is 1. The van der Waals surface area contributed by atoms with Crippen molar-refractivity contribution in [3.8, 4) is 11.5 Å². The number of thioether (sulfide) groups is 1. The quantitative estimate of drug-likeness (QED) is 0.694. The Hall–Kier alpha value is -2.14. The number of aryl methyl sites for hydroxylation is 1. The lowest BCUT2D eigenvalue weighted by Gasteiger charge is -2.11. The van der Waals surface area contributed by atoms with Crippen molar-refractivity contribution in [1.82, 2.24) is 0 Å². The van der Waals surface area contributed by atoms with Gasteiger partial charge < -0.3 is 14.8 Å². The summed E-state index contributed by atoms with van der Waals surface area (Å²) in [6.07, 6.45) is 0. The van der Waals surface area contributed by atoms with Crippen molar-refractivity contribution in [3.63, 3.8) is 0 Å². The van der Waals surface area contributed by atoms with Gasteiger partial charge in [0.2, 0.25) is 5.91 Å². The zero-order valence-electron chi connectivity index (χ0n) is 14.1. The molecular formula is C19H23NO3S. The molecule has 1 amide bonds. The number of benzene rings is 2. The summed E-state index contributed by atoms with van der Waals surface area (Å²) in [6, 6.07) is 15.4. The molecule has 24 heavy (non-hydrogen) atoms. The molecule has 2 aromatic rings. The second kappa shape index (κ2) is 9.88. The lowest BCUT2D eigenvalue weighted by Crippen LogP contribution is -2.15. The summed E-state index contributed by atoms with van der Waals surface area (Å²) in [5.74, 6) is 2.64. The van der Waals surface area contributed by atoms with Gasteiger partial charge in [-0.05, 0) is 43.7 Å². The number of amides is 1. The van der Waals surface area contributed by atoms with E-state index in [2.05, 4.69) is 5.32 Å². The van der Waals surface area contributed by atoms with Crippen LogP contribution < -0.4 is 14.8 Å². The summed E-state index contributed by atoms with van der Waals surface area (Å²) in [5.41, 5.74) is 1.96. The highest BCUT2D eigenvalue weighted by Gasteiger charge is 2.05. The predicted octanol–water partition coefficient (Wildman–Crippen LogP) is 4.14. The van der Waals surface area contributed by atoms with Crippen molar-refractivity contribution in [1.29, 1.82) is 0 Å². The minimum absolute atomic E-state index is 0.000293. The third-order valence-corrected chi connectivity index (χ3v) is 4.09. The van der Waals surface area contributed by atoms with Crippen LogP contribution in [0.15, 0.2) is 48.5 Å². The molecular weight excluding hydrogens is 322 g/mol. The van der Waals surface area contributed by atoms with Gasteiger partial charge >= 0.3 is 0 Å². The first-order valence-corrected chi connectivity index (χ1v) is 9.13. The maximum absolute atomic E-state index is 11.9. The highest BCUT2D eigenvalue weighted by molar-refractivity contribution is 7.99. The molecule has 0 heterocycles. The first-order valence-electron chi connectivity index (χ1n) is 7.98. The maximum atomic E-state index is 11.9. The minimum atomic E-state index is 0.000293. The van der Waals surface area contributed by atoms with E-state index in [1.165, 1.54) is 0 Å². The van der Waals surface area contributed by atoms with Crippen LogP contribution in [0.3, 0.4) is 0 Å². The van der Waals surface area contributed by atoms with E-state index in [1.54, 1.807) is 11.8 Å². The van der Waals surface area contributed by atoms with E-state index >= 15 is 0 Å². The summed E-state index contributed by atoms with van der Waals surface area (Å²) >= 11 is 1.55. The van der Waals surface area contributed by atoms with Gasteiger partial charge in [0.25, 0.3) is 0 Å². The Morgan fingerprint density at radius 1 is 1.08 bits per heavy atom. The van der Waals surface area contributed by atoms with Crippen molar-refractivity contribution < 1.29 is 14.3 Å². The van der Waals surface area contributed by atoms with E-state index in [0.717, 1.165) is 28.5 Å². The zero-order valence-corrected chi connectivity index (χ0v) is 14.9. The van der Waals surface area contributed by atoms with Crippen molar-refractivity contribution in [2.24, 2.45) is 0 Å². The Morgan fingerprint density at radius 2 is 1.83 bits per heavy atom. The largest absolute Gasteiger partial charge is 0.490 e. The normalized spacial score (nSPS) is 10.2. The van der Waals surface area contributed by atoms with Crippen LogP contribution >= 0.6 is 11.8 Å². The molecule has 2 rings (SSSR count). The van der Waals surface area contributed by atoms with Crippen LogP contribution in [-0.4, -0.2) is 30.6 Å². The van der Waals surface area contributed by atoms with Gasteiger partial charge in [-0.2, -0.15) is 0 Å². The summed E-state index contributed by atoms with van der Waals surface area (Å²) in [6.45, 7) is 5.09. The van der Waals surface area contributed by atoms with Gasteiger partial charge in [0.1, 0.15) is 0 Å². The number of carbonyl (C=O) groups excluding carboxylic acids is 1. The number of nitrogens with one attached hydrogen (secondary N) is 1. The average molecular weight is 345 g/mol. The number of hydrogen-bond acceptors (Lipinski definition) is 4. The molecule has 0 radical (unpaired) electrons. The molecule has 0 fully saturated rings. The summed E-state index contributed by atoms with van der Waals surface area (Å²) < 4.78 is 11.2. The van der Waals surface area contributed by atoms with E-state index in [9.17, 15) is 4.79 Å². The smallest absolute Gasteiger partial charge is 0.234 e. The SMILES string of the molecule is CCOc1ccccc1OCCSCC(=O)Nc1cccc(C)c1. The standard InChI is InChI=1S/C19H23NO3S/c1-3-22-17-9-4-5-10-18(17)23-11-12-24-14-19(21)20-16-8-6-7-15(2)13-16/h4-10,13H,3,11-12,14H2,1-2H3,(H,20,21). The third-order valence-electron chi connectivity index (χ3n) is 3.17. The number of para-hydroxylation sites is 2. The highest BCUT2D eigenvalue weighted by Crippen LogP contribution is 2.26. The van der Waals surface area contributed by atoms with Crippen molar-refractivity contribution in [3.05, 3.63) is 54.1 Å². The lowest BCUT2D eigenvalue weighted by molar-refractivity contribution is -0.113. The summed E-state index contributed by atoms with van der Waals surface area (Å²) in [7, 11) is 0. The van der Waals surface area contributed by atoms with E-state index in [4.69, 9.17) is 9.47 Å². The predicted molar refractivity (Wildman–Crippen MR) is 100 cm³/mol. The van der Waals surface area contributed by atoms with Crippen LogP contribution in [0.4, 0.5) is 5.69 Å². The number of carbonyl (C=O) groups is 1. The van der Waals surface area contributed by atoms with Gasteiger partial charge in [0.15, 0.2) is 11.5 Å². The molecule has 5 heteroatoms. The van der Waals surface area contributed by atoms with Gasteiger partial charge in [-0.3, -0.25) is 4.79 Å². The van der Waals surface area contributed by atoms with Crippen LogP contribution in [0.25, 0.3) is 0 Å². The van der Waals surface area contributed by atoms with Gasteiger partial charge in [-0.15, -0.1) is 11.8 Å². The Morgan fingerprint density at radius 3 is 2.54 bits per heavy atom. The number of rotatable bonds is 9. The van der Waals surface area contributed by atoms with Crippen LogP contribution in [0.1, 0.15) is 12.5 Å². The van der Waals surface area contributed by atoms with Crippen molar-refractivity contribution >= 4 is 23.4 Å². The molecule has 4 nitrogen and oxygen atoms in total. The second-order valence-corrected chi connectivity index (χ2v) is 6.30. The molecule has 2 aromatic carbocycles. The molecule has 0 aliphatic heterocycles. The Bertz CT molecular complexity index is 661. The van der Waals surface area contributed by atoms with E-state index in [0.29, 0.717) is 19.0 Å². The monoisotopic (exact) mass is 345 g/mol. The Kier molecular flexibility index (Phi) is 7.49. The Labute approximate surface area is 147 Å². The summed E-state index contributed by atoms with van der Waals surface area (Å²) in [5, 5.41) is 2.90. The van der Waals surface area contributed by atoms with E-state index in [1.807, 2.05) is 62.4 Å². The molecule has 0 aliphatic carbocycles. The fourth-order valence-corrected chi connectivity index (χ4v) is 2.74. The molecule has 1 N–H and O–H groups in total. The molecule has 0 aromatic heterocycles. The van der Waals surface area contributed by atoms with Crippen LogP contribution in [0, 0.1) is 6.92 Å². The van der Waals surface area contributed by atoms with Crippen LogP contribution in [0.5, 0.6) is 11.5 Å².